The molecule has 0 aliphatic rings. The number of ether oxygens (including phenoxy) is 2. The van der Waals surface area contributed by atoms with Crippen molar-refractivity contribution in [1.29, 1.82) is 0 Å². The SMILES string of the molecule is CCCNCc1ccc(OCC(=O)NC)c(OCC)c1. The average molecular weight is 280 g/mol. The van der Waals surface area contributed by atoms with Gasteiger partial charge in [0.1, 0.15) is 0 Å². The van der Waals surface area contributed by atoms with Gasteiger partial charge in [0, 0.05) is 13.6 Å². The van der Waals surface area contributed by atoms with E-state index in [1.165, 1.54) is 0 Å². The lowest BCUT2D eigenvalue weighted by atomic mass is 10.2. The summed E-state index contributed by atoms with van der Waals surface area (Å²) in [5.41, 5.74) is 1.13. The zero-order chi connectivity index (χ0) is 14.8. The maximum absolute atomic E-state index is 11.2. The Hall–Kier alpha value is -1.75. The number of rotatable bonds is 9. The van der Waals surface area contributed by atoms with Crippen LogP contribution in [0.25, 0.3) is 0 Å². The third-order valence-electron chi connectivity index (χ3n) is 2.70. The highest BCUT2D eigenvalue weighted by atomic mass is 16.5. The van der Waals surface area contributed by atoms with Gasteiger partial charge in [-0.2, -0.15) is 0 Å². The Bertz CT molecular complexity index is 422. The predicted molar refractivity (Wildman–Crippen MR) is 79.2 cm³/mol. The van der Waals surface area contributed by atoms with Gasteiger partial charge in [-0.25, -0.2) is 0 Å². The van der Waals surface area contributed by atoms with Crippen molar-refractivity contribution in [2.75, 3.05) is 26.8 Å². The molecule has 0 aliphatic carbocycles. The highest BCUT2D eigenvalue weighted by molar-refractivity contribution is 5.77. The fourth-order valence-corrected chi connectivity index (χ4v) is 1.67. The van der Waals surface area contributed by atoms with Crippen LogP contribution in [0.1, 0.15) is 25.8 Å². The minimum atomic E-state index is -0.166. The highest BCUT2D eigenvalue weighted by Gasteiger charge is 2.08. The van der Waals surface area contributed by atoms with Gasteiger partial charge in [-0.1, -0.05) is 13.0 Å². The maximum Gasteiger partial charge on any atom is 0.257 e. The van der Waals surface area contributed by atoms with E-state index in [9.17, 15) is 4.79 Å². The van der Waals surface area contributed by atoms with Crippen LogP contribution in [0.15, 0.2) is 18.2 Å². The summed E-state index contributed by atoms with van der Waals surface area (Å²) in [6.45, 7) is 6.38. The van der Waals surface area contributed by atoms with Gasteiger partial charge < -0.3 is 20.1 Å². The lowest BCUT2D eigenvalue weighted by molar-refractivity contribution is -0.122. The molecule has 0 aromatic heterocycles. The minimum Gasteiger partial charge on any atom is -0.490 e. The molecular formula is C15H24N2O3. The van der Waals surface area contributed by atoms with Gasteiger partial charge in [-0.05, 0) is 37.6 Å². The second-order valence-electron chi connectivity index (χ2n) is 4.35. The number of hydrogen-bond acceptors (Lipinski definition) is 4. The van der Waals surface area contributed by atoms with Crippen molar-refractivity contribution < 1.29 is 14.3 Å². The summed E-state index contributed by atoms with van der Waals surface area (Å²) < 4.78 is 11.0. The van der Waals surface area contributed by atoms with Crippen molar-refractivity contribution in [3.8, 4) is 11.5 Å². The number of amides is 1. The third kappa shape index (κ3) is 5.48. The zero-order valence-electron chi connectivity index (χ0n) is 12.5. The van der Waals surface area contributed by atoms with Gasteiger partial charge in [0.25, 0.3) is 5.91 Å². The average Bonchev–Trinajstić information content (AvgIpc) is 2.46. The molecule has 0 fully saturated rings. The van der Waals surface area contributed by atoms with Crippen molar-refractivity contribution >= 4 is 5.91 Å². The molecule has 112 valence electrons. The first-order valence-electron chi connectivity index (χ1n) is 7.01. The Balaban J connectivity index is 2.70. The first-order chi connectivity index (χ1) is 9.71. The summed E-state index contributed by atoms with van der Waals surface area (Å²) in [6, 6.07) is 5.77. The Kier molecular flexibility index (Phi) is 7.50. The van der Waals surface area contributed by atoms with E-state index >= 15 is 0 Å². The molecule has 1 amide bonds. The number of hydrogen-bond donors (Lipinski definition) is 2. The fourth-order valence-electron chi connectivity index (χ4n) is 1.67. The molecule has 2 N–H and O–H groups in total. The van der Waals surface area contributed by atoms with Gasteiger partial charge in [0.15, 0.2) is 18.1 Å². The fraction of sp³-hybridized carbons (Fsp3) is 0.533. The van der Waals surface area contributed by atoms with E-state index in [0.29, 0.717) is 18.1 Å². The van der Waals surface area contributed by atoms with Crippen LogP contribution in [-0.2, 0) is 11.3 Å². The summed E-state index contributed by atoms with van der Waals surface area (Å²) >= 11 is 0. The van der Waals surface area contributed by atoms with Gasteiger partial charge in [-0.15, -0.1) is 0 Å². The first-order valence-corrected chi connectivity index (χ1v) is 7.01. The lowest BCUT2D eigenvalue weighted by Crippen LogP contribution is -2.25. The van der Waals surface area contributed by atoms with Crippen LogP contribution in [-0.4, -0.2) is 32.7 Å². The monoisotopic (exact) mass is 280 g/mol. The molecule has 0 aliphatic heterocycles. The van der Waals surface area contributed by atoms with Gasteiger partial charge >= 0.3 is 0 Å². The number of nitrogens with one attached hydrogen (secondary N) is 2. The molecule has 0 bridgehead atoms. The smallest absolute Gasteiger partial charge is 0.257 e. The molecule has 0 saturated heterocycles. The van der Waals surface area contributed by atoms with Crippen molar-refractivity contribution in [1.82, 2.24) is 10.6 Å². The molecule has 0 atom stereocenters. The topological polar surface area (TPSA) is 59.6 Å². The number of likely N-dealkylation sites (N-methyl/N-ethyl adjacent to an activating group) is 1. The molecular weight excluding hydrogens is 256 g/mol. The Morgan fingerprint density at radius 1 is 1.20 bits per heavy atom. The van der Waals surface area contributed by atoms with Crippen LogP contribution in [0.5, 0.6) is 11.5 Å². The quantitative estimate of drug-likeness (QED) is 0.676. The van der Waals surface area contributed by atoms with E-state index in [0.717, 1.165) is 25.1 Å². The standard InChI is InChI=1S/C15H24N2O3/c1-4-8-17-10-12-6-7-13(14(9-12)19-5-2)20-11-15(18)16-3/h6-7,9,17H,4-5,8,10-11H2,1-3H3,(H,16,18). The normalized spacial score (nSPS) is 10.2. The largest absolute Gasteiger partial charge is 0.490 e. The van der Waals surface area contributed by atoms with E-state index in [-0.39, 0.29) is 12.5 Å². The molecule has 0 saturated carbocycles. The van der Waals surface area contributed by atoms with Crippen LogP contribution in [0.2, 0.25) is 0 Å². The van der Waals surface area contributed by atoms with Crippen molar-refractivity contribution in [2.24, 2.45) is 0 Å². The van der Waals surface area contributed by atoms with Crippen molar-refractivity contribution in [3.63, 3.8) is 0 Å². The molecule has 5 heteroatoms. The molecule has 5 nitrogen and oxygen atoms in total. The number of carbonyl (C=O) groups excluding carboxylic acids is 1. The van der Waals surface area contributed by atoms with Crippen LogP contribution in [0.3, 0.4) is 0 Å². The predicted octanol–water partition coefficient (Wildman–Crippen LogP) is 1.71. The van der Waals surface area contributed by atoms with Crippen LogP contribution in [0, 0.1) is 0 Å². The second-order valence-corrected chi connectivity index (χ2v) is 4.35. The van der Waals surface area contributed by atoms with E-state index in [1.54, 1.807) is 7.05 Å². The van der Waals surface area contributed by atoms with Gasteiger partial charge in [-0.3, -0.25) is 4.79 Å². The number of carbonyl (C=O) groups is 1. The second kappa shape index (κ2) is 9.20. The Morgan fingerprint density at radius 3 is 2.65 bits per heavy atom. The molecule has 1 aromatic carbocycles. The van der Waals surface area contributed by atoms with Crippen LogP contribution >= 0.6 is 0 Å². The molecule has 0 radical (unpaired) electrons. The Labute approximate surface area is 120 Å². The molecule has 0 unspecified atom stereocenters. The van der Waals surface area contributed by atoms with E-state index in [4.69, 9.17) is 9.47 Å². The van der Waals surface area contributed by atoms with E-state index in [2.05, 4.69) is 17.6 Å². The summed E-state index contributed by atoms with van der Waals surface area (Å²) in [5, 5.41) is 5.86. The number of benzene rings is 1. The summed E-state index contributed by atoms with van der Waals surface area (Å²) in [6.07, 6.45) is 1.10. The highest BCUT2D eigenvalue weighted by Crippen LogP contribution is 2.28. The van der Waals surface area contributed by atoms with Gasteiger partial charge in [0.05, 0.1) is 6.61 Å². The zero-order valence-corrected chi connectivity index (χ0v) is 12.5. The lowest BCUT2D eigenvalue weighted by Gasteiger charge is -2.13. The Morgan fingerprint density at radius 2 is 2.00 bits per heavy atom. The third-order valence-corrected chi connectivity index (χ3v) is 2.70. The van der Waals surface area contributed by atoms with Crippen molar-refractivity contribution in [3.05, 3.63) is 23.8 Å². The molecule has 1 rings (SSSR count). The molecule has 0 heterocycles. The van der Waals surface area contributed by atoms with Gasteiger partial charge in [0.2, 0.25) is 0 Å². The molecule has 20 heavy (non-hydrogen) atoms. The molecule has 1 aromatic rings. The molecule has 0 spiro atoms. The summed E-state index contributed by atoms with van der Waals surface area (Å²) in [5.74, 6) is 1.10. The summed E-state index contributed by atoms with van der Waals surface area (Å²) in [4.78, 5) is 11.2. The summed E-state index contributed by atoms with van der Waals surface area (Å²) in [7, 11) is 1.58. The minimum absolute atomic E-state index is 0.00992. The first kappa shape index (κ1) is 16.3. The van der Waals surface area contributed by atoms with Crippen LogP contribution < -0.4 is 20.1 Å². The van der Waals surface area contributed by atoms with Crippen LogP contribution in [0.4, 0.5) is 0 Å². The van der Waals surface area contributed by atoms with E-state index < -0.39 is 0 Å². The van der Waals surface area contributed by atoms with E-state index in [1.807, 2.05) is 25.1 Å². The maximum atomic E-state index is 11.2. The van der Waals surface area contributed by atoms with Crippen molar-refractivity contribution in [2.45, 2.75) is 26.8 Å².